The normalized spacial score (nSPS) is 11.6. The van der Waals surface area contributed by atoms with E-state index in [1.54, 1.807) is 0 Å². The van der Waals surface area contributed by atoms with Crippen molar-refractivity contribution in [2.75, 3.05) is 11.3 Å². The van der Waals surface area contributed by atoms with Crippen molar-refractivity contribution in [1.82, 2.24) is 9.78 Å². The van der Waals surface area contributed by atoms with E-state index in [2.05, 4.69) is 5.10 Å². The van der Waals surface area contributed by atoms with Gasteiger partial charge in [0.25, 0.3) is 10.0 Å². The molecule has 2 N–H and O–H groups in total. The Kier molecular flexibility index (Phi) is 4.00. The van der Waals surface area contributed by atoms with E-state index in [0.717, 1.165) is 24.4 Å². The van der Waals surface area contributed by atoms with Crippen LogP contribution in [-0.2, 0) is 16.6 Å². The number of benzene rings is 1. The third-order valence-corrected chi connectivity index (χ3v) is 3.74. The van der Waals surface area contributed by atoms with Crippen LogP contribution in [0.3, 0.4) is 0 Å². The molecule has 9 heteroatoms. The molecule has 1 heterocycles. The minimum absolute atomic E-state index is 0.129. The predicted octanol–water partition coefficient (Wildman–Crippen LogP) is 0.954. The molecule has 0 bridgehead atoms. The minimum atomic E-state index is -4.07. The Balaban J connectivity index is 2.28. The number of hydrogen-bond donors (Lipinski definition) is 2. The Bertz CT molecular complexity index is 715. The minimum Gasteiger partial charge on any atom is -0.394 e. The molecule has 20 heavy (non-hydrogen) atoms. The van der Waals surface area contributed by atoms with Crippen molar-refractivity contribution in [2.24, 2.45) is 0 Å². The van der Waals surface area contributed by atoms with Gasteiger partial charge < -0.3 is 5.11 Å². The van der Waals surface area contributed by atoms with Crippen LogP contribution in [-0.4, -0.2) is 29.9 Å². The van der Waals surface area contributed by atoms with Crippen LogP contribution in [0.4, 0.5) is 14.5 Å². The smallest absolute Gasteiger partial charge is 0.265 e. The highest BCUT2D eigenvalue weighted by Crippen LogP contribution is 2.19. The van der Waals surface area contributed by atoms with Gasteiger partial charge in [-0.2, -0.15) is 5.10 Å². The second-order valence-corrected chi connectivity index (χ2v) is 5.57. The first kappa shape index (κ1) is 14.4. The standard InChI is InChI=1S/C11H11F2N3O3S/c12-8-1-2-10(13)11(5-8)15-20(18,19)9-6-14-16(7-9)3-4-17/h1-2,5-7,15,17H,3-4H2. The number of aliphatic hydroxyl groups excluding tert-OH is 1. The molecule has 0 aliphatic rings. The molecule has 0 radical (unpaired) electrons. The van der Waals surface area contributed by atoms with Crippen LogP contribution in [0.1, 0.15) is 0 Å². The van der Waals surface area contributed by atoms with Crippen LogP contribution < -0.4 is 4.72 Å². The Morgan fingerprint density at radius 2 is 2.10 bits per heavy atom. The van der Waals surface area contributed by atoms with Gasteiger partial charge in [0.15, 0.2) is 0 Å². The van der Waals surface area contributed by atoms with Crippen LogP contribution in [0.15, 0.2) is 35.5 Å². The average molecular weight is 303 g/mol. The molecule has 6 nitrogen and oxygen atoms in total. The van der Waals surface area contributed by atoms with E-state index < -0.39 is 27.3 Å². The first-order chi connectivity index (χ1) is 9.42. The van der Waals surface area contributed by atoms with E-state index in [-0.39, 0.29) is 18.0 Å². The molecular formula is C11H11F2N3O3S. The number of nitrogens with zero attached hydrogens (tertiary/aromatic N) is 2. The van der Waals surface area contributed by atoms with Gasteiger partial charge in [0.05, 0.1) is 25.0 Å². The Morgan fingerprint density at radius 3 is 2.80 bits per heavy atom. The summed E-state index contributed by atoms with van der Waals surface area (Å²) in [5.74, 6) is -1.65. The van der Waals surface area contributed by atoms with Crippen molar-refractivity contribution in [3.8, 4) is 0 Å². The highest BCUT2D eigenvalue weighted by molar-refractivity contribution is 7.92. The van der Waals surface area contributed by atoms with Gasteiger partial charge in [-0.15, -0.1) is 0 Å². The fourth-order valence-electron chi connectivity index (χ4n) is 1.49. The summed E-state index contributed by atoms with van der Waals surface area (Å²) >= 11 is 0. The van der Waals surface area contributed by atoms with Crippen LogP contribution in [0, 0.1) is 11.6 Å². The van der Waals surface area contributed by atoms with Crippen LogP contribution >= 0.6 is 0 Å². The predicted molar refractivity (Wildman–Crippen MR) is 66.5 cm³/mol. The van der Waals surface area contributed by atoms with Crippen molar-refractivity contribution in [1.29, 1.82) is 0 Å². The molecule has 0 amide bonds. The Hall–Kier alpha value is -2.00. The lowest BCUT2D eigenvalue weighted by molar-refractivity contribution is 0.269. The average Bonchev–Trinajstić information content (AvgIpc) is 2.83. The summed E-state index contributed by atoms with van der Waals surface area (Å²) in [7, 11) is -4.07. The van der Waals surface area contributed by atoms with E-state index >= 15 is 0 Å². The summed E-state index contributed by atoms with van der Waals surface area (Å²) in [6.07, 6.45) is 2.23. The first-order valence-electron chi connectivity index (χ1n) is 5.53. The fourth-order valence-corrected chi connectivity index (χ4v) is 2.50. The van der Waals surface area contributed by atoms with Gasteiger partial charge in [-0.25, -0.2) is 17.2 Å². The van der Waals surface area contributed by atoms with Gasteiger partial charge >= 0.3 is 0 Å². The number of hydrogen-bond acceptors (Lipinski definition) is 4. The molecule has 0 spiro atoms. The summed E-state index contributed by atoms with van der Waals surface area (Å²) in [4.78, 5) is -0.213. The van der Waals surface area contributed by atoms with Crippen LogP contribution in [0.2, 0.25) is 0 Å². The third kappa shape index (κ3) is 3.11. The van der Waals surface area contributed by atoms with Crippen LogP contribution in [0.5, 0.6) is 0 Å². The van der Waals surface area contributed by atoms with E-state index in [1.165, 1.54) is 10.9 Å². The zero-order valence-corrected chi connectivity index (χ0v) is 10.9. The van der Waals surface area contributed by atoms with Gasteiger partial charge in [0.1, 0.15) is 16.5 Å². The number of anilines is 1. The highest BCUT2D eigenvalue weighted by Gasteiger charge is 2.18. The number of rotatable bonds is 5. The second kappa shape index (κ2) is 5.55. The van der Waals surface area contributed by atoms with E-state index in [1.807, 2.05) is 4.72 Å². The molecule has 2 aromatic rings. The molecule has 0 unspecified atom stereocenters. The van der Waals surface area contributed by atoms with Gasteiger partial charge in [-0.3, -0.25) is 9.40 Å². The number of sulfonamides is 1. The fraction of sp³-hybridized carbons (Fsp3) is 0.182. The Morgan fingerprint density at radius 1 is 1.35 bits per heavy atom. The number of aromatic nitrogens is 2. The number of aliphatic hydroxyl groups is 1. The maximum atomic E-state index is 13.4. The third-order valence-electron chi connectivity index (χ3n) is 2.42. The summed E-state index contributed by atoms with van der Waals surface area (Å²) in [5.41, 5.74) is -0.486. The van der Waals surface area contributed by atoms with Gasteiger partial charge in [0, 0.05) is 12.3 Å². The van der Waals surface area contributed by atoms with E-state index in [0.29, 0.717) is 0 Å². The summed E-state index contributed by atoms with van der Waals surface area (Å²) in [5, 5.41) is 12.4. The highest BCUT2D eigenvalue weighted by atomic mass is 32.2. The van der Waals surface area contributed by atoms with Gasteiger partial charge in [-0.05, 0) is 12.1 Å². The zero-order valence-electron chi connectivity index (χ0n) is 10.1. The maximum absolute atomic E-state index is 13.4. The van der Waals surface area contributed by atoms with Crippen molar-refractivity contribution >= 4 is 15.7 Å². The summed E-state index contributed by atoms with van der Waals surface area (Å²) in [6, 6.07) is 2.44. The molecular weight excluding hydrogens is 292 g/mol. The maximum Gasteiger partial charge on any atom is 0.265 e. The molecule has 0 aliphatic heterocycles. The van der Waals surface area contributed by atoms with E-state index in [4.69, 9.17) is 5.11 Å². The lowest BCUT2D eigenvalue weighted by Crippen LogP contribution is -2.13. The zero-order chi connectivity index (χ0) is 14.8. The summed E-state index contributed by atoms with van der Waals surface area (Å²) in [6.45, 7) is -0.0725. The molecule has 2 rings (SSSR count). The van der Waals surface area contributed by atoms with Crippen LogP contribution in [0.25, 0.3) is 0 Å². The molecule has 0 aliphatic carbocycles. The second-order valence-electron chi connectivity index (χ2n) is 3.89. The molecule has 0 saturated heterocycles. The Labute approximate surface area is 113 Å². The number of halogens is 2. The molecule has 0 saturated carbocycles. The van der Waals surface area contributed by atoms with E-state index in [9.17, 15) is 17.2 Å². The quantitative estimate of drug-likeness (QED) is 0.861. The number of nitrogens with one attached hydrogen (secondary N) is 1. The largest absolute Gasteiger partial charge is 0.394 e. The molecule has 1 aromatic carbocycles. The molecule has 108 valence electrons. The van der Waals surface area contributed by atoms with Crippen molar-refractivity contribution in [3.05, 3.63) is 42.2 Å². The summed E-state index contributed by atoms with van der Waals surface area (Å²) < 4.78 is 53.5. The van der Waals surface area contributed by atoms with Crippen molar-refractivity contribution in [3.63, 3.8) is 0 Å². The molecule has 1 aromatic heterocycles. The monoisotopic (exact) mass is 303 g/mol. The first-order valence-corrected chi connectivity index (χ1v) is 7.02. The van der Waals surface area contributed by atoms with Crippen molar-refractivity contribution in [2.45, 2.75) is 11.4 Å². The van der Waals surface area contributed by atoms with Gasteiger partial charge in [0.2, 0.25) is 0 Å². The lowest BCUT2D eigenvalue weighted by atomic mass is 10.3. The molecule has 0 fully saturated rings. The van der Waals surface area contributed by atoms with Gasteiger partial charge in [-0.1, -0.05) is 0 Å². The molecule has 0 atom stereocenters. The topological polar surface area (TPSA) is 84.2 Å². The SMILES string of the molecule is O=S(=O)(Nc1cc(F)ccc1F)c1cnn(CCO)c1. The lowest BCUT2D eigenvalue weighted by Gasteiger charge is -2.07. The van der Waals surface area contributed by atoms with Crippen molar-refractivity contribution < 1.29 is 22.3 Å².